The van der Waals surface area contributed by atoms with Gasteiger partial charge in [0.25, 0.3) is 0 Å². The lowest BCUT2D eigenvalue weighted by molar-refractivity contribution is 0.0941. The van der Waals surface area contributed by atoms with Gasteiger partial charge in [-0.25, -0.2) is 4.98 Å². The third-order valence-electron chi connectivity index (χ3n) is 2.97. The fourth-order valence-electron chi connectivity index (χ4n) is 1.89. The van der Waals surface area contributed by atoms with Crippen molar-refractivity contribution < 1.29 is 4.79 Å². The first-order valence-electron chi connectivity index (χ1n) is 6.10. The molecule has 0 aliphatic rings. The van der Waals surface area contributed by atoms with Gasteiger partial charge in [0.05, 0.1) is 18.1 Å². The number of carbonyl (C=O) groups is 1. The first kappa shape index (κ1) is 15.0. The van der Waals surface area contributed by atoms with E-state index in [1.807, 2.05) is 29.8 Å². The molecule has 4 nitrogen and oxygen atoms in total. The van der Waals surface area contributed by atoms with E-state index in [2.05, 4.69) is 4.98 Å². The number of carbonyl (C=O) groups excluding carboxylic acids is 1. The van der Waals surface area contributed by atoms with Gasteiger partial charge in [-0.3, -0.25) is 9.69 Å². The number of aryl methyl sites for hydroxylation is 1. The van der Waals surface area contributed by atoms with E-state index in [0.29, 0.717) is 22.2 Å². The third kappa shape index (κ3) is 3.60. The molecule has 2 rings (SSSR count). The molecule has 0 bridgehead atoms. The number of hydrogen-bond acceptors (Lipinski definition) is 3. The number of halogens is 2. The lowest BCUT2D eigenvalue weighted by Gasteiger charge is -2.16. The molecule has 0 saturated heterocycles. The van der Waals surface area contributed by atoms with Gasteiger partial charge in [0, 0.05) is 30.0 Å². The second-order valence-corrected chi connectivity index (χ2v) is 5.52. The van der Waals surface area contributed by atoms with E-state index < -0.39 is 0 Å². The van der Waals surface area contributed by atoms with Gasteiger partial charge in [0.2, 0.25) is 0 Å². The summed E-state index contributed by atoms with van der Waals surface area (Å²) in [7, 11) is 3.79. The lowest BCUT2D eigenvalue weighted by Crippen LogP contribution is -2.27. The van der Waals surface area contributed by atoms with Crippen molar-refractivity contribution in [2.45, 2.75) is 6.54 Å². The van der Waals surface area contributed by atoms with Crippen molar-refractivity contribution in [3.63, 3.8) is 0 Å². The van der Waals surface area contributed by atoms with Crippen LogP contribution < -0.4 is 0 Å². The van der Waals surface area contributed by atoms with Crippen molar-refractivity contribution >= 4 is 29.0 Å². The molecular weight excluding hydrogens is 297 g/mol. The van der Waals surface area contributed by atoms with Crippen LogP contribution in [0.15, 0.2) is 30.6 Å². The molecule has 0 aliphatic carbocycles. The van der Waals surface area contributed by atoms with E-state index in [0.717, 1.165) is 5.82 Å². The first-order valence-corrected chi connectivity index (χ1v) is 6.86. The molecule has 1 aromatic heterocycles. The zero-order valence-corrected chi connectivity index (χ0v) is 12.8. The zero-order valence-electron chi connectivity index (χ0n) is 11.3. The van der Waals surface area contributed by atoms with E-state index in [4.69, 9.17) is 23.2 Å². The van der Waals surface area contributed by atoms with Gasteiger partial charge in [-0.15, -0.1) is 0 Å². The maximum absolute atomic E-state index is 12.2. The number of nitrogens with zero attached hydrogens (tertiary/aromatic N) is 3. The van der Waals surface area contributed by atoms with Crippen LogP contribution in [0.5, 0.6) is 0 Å². The van der Waals surface area contributed by atoms with Crippen LogP contribution >= 0.6 is 23.2 Å². The number of rotatable bonds is 5. The molecular formula is C14H15Cl2N3O. The van der Waals surface area contributed by atoms with Crippen LogP contribution in [0.4, 0.5) is 0 Å². The molecule has 0 saturated carbocycles. The van der Waals surface area contributed by atoms with Gasteiger partial charge in [0.15, 0.2) is 5.78 Å². The number of hydrogen-bond donors (Lipinski definition) is 0. The Labute approximate surface area is 127 Å². The van der Waals surface area contributed by atoms with Crippen LogP contribution in [0.25, 0.3) is 0 Å². The monoisotopic (exact) mass is 311 g/mol. The average molecular weight is 312 g/mol. The Balaban J connectivity index is 2.04. The molecule has 0 radical (unpaired) electrons. The summed E-state index contributed by atoms with van der Waals surface area (Å²) < 4.78 is 1.92. The molecule has 20 heavy (non-hydrogen) atoms. The highest BCUT2D eigenvalue weighted by Crippen LogP contribution is 2.21. The van der Waals surface area contributed by atoms with Gasteiger partial charge in [-0.2, -0.15) is 0 Å². The summed E-state index contributed by atoms with van der Waals surface area (Å²) in [4.78, 5) is 18.4. The summed E-state index contributed by atoms with van der Waals surface area (Å²) in [6.45, 7) is 0.848. The summed E-state index contributed by atoms with van der Waals surface area (Å²) in [5, 5.41) is 0.925. The highest BCUT2D eigenvalue weighted by atomic mass is 35.5. The Morgan fingerprint density at radius 1 is 1.40 bits per heavy atom. The fraction of sp³-hybridized carbons (Fsp3) is 0.286. The van der Waals surface area contributed by atoms with Crippen LogP contribution in [-0.2, 0) is 13.6 Å². The summed E-state index contributed by atoms with van der Waals surface area (Å²) in [6, 6.07) is 4.90. The second-order valence-electron chi connectivity index (χ2n) is 4.67. The Kier molecular flexibility index (Phi) is 4.81. The molecule has 2 aromatic rings. The first-order chi connectivity index (χ1) is 9.47. The minimum absolute atomic E-state index is 0.0609. The molecule has 0 unspecified atom stereocenters. The molecule has 0 N–H and O–H groups in total. The Hall–Kier alpha value is -1.36. The van der Waals surface area contributed by atoms with Crippen LogP contribution in [0.1, 0.15) is 16.2 Å². The summed E-state index contributed by atoms with van der Waals surface area (Å²) in [5.41, 5.74) is 0.450. The van der Waals surface area contributed by atoms with Crippen molar-refractivity contribution in [2.24, 2.45) is 7.05 Å². The van der Waals surface area contributed by atoms with Crippen molar-refractivity contribution in [3.8, 4) is 0 Å². The Bertz CT molecular complexity index is 625. The Morgan fingerprint density at radius 3 is 2.80 bits per heavy atom. The predicted molar refractivity (Wildman–Crippen MR) is 80.3 cm³/mol. The maximum Gasteiger partial charge on any atom is 0.178 e. The number of likely N-dealkylation sites (N-methyl/N-ethyl adjacent to an activating group) is 1. The summed E-state index contributed by atoms with van der Waals surface area (Å²) in [6.07, 6.45) is 3.61. The van der Waals surface area contributed by atoms with E-state index in [9.17, 15) is 4.79 Å². The van der Waals surface area contributed by atoms with Gasteiger partial charge < -0.3 is 4.57 Å². The van der Waals surface area contributed by atoms with Crippen molar-refractivity contribution in [2.75, 3.05) is 13.6 Å². The highest BCUT2D eigenvalue weighted by molar-refractivity contribution is 6.36. The molecule has 0 amide bonds. The number of aromatic nitrogens is 2. The second kappa shape index (κ2) is 6.39. The average Bonchev–Trinajstić information content (AvgIpc) is 2.77. The summed E-state index contributed by atoms with van der Waals surface area (Å²) in [5.74, 6) is 0.840. The number of benzene rings is 1. The molecule has 0 spiro atoms. The van der Waals surface area contributed by atoms with Gasteiger partial charge in [0.1, 0.15) is 5.82 Å². The van der Waals surface area contributed by atoms with Gasteiger partial charge in [-0.1, -0.05) is 23.2 Å². The standard InChI is InChI=1S/C14H15Cl2N3O/c1-18(9-14-17-5-6-19(14)2)8-13(20)11-7-10(15)3-4-12(11)16/h3-7H,8-9H2,1-2H3. The molecule has 0 aliphatic heterocycles. The lowest BCUT2D eigenvalue weighted by atomic mass is 10.1. The minimum Gasteiger partial charge on any atom is -0.337 e. The normalized spacial score (nSPS) is 11.1. The summed E-state index contributed by atoms with van der Waals surface area (Å²) >= 11 is 11.9. The Morgan fingerprint density at radius 2 is 2.15 bits per heavy atom. The predicted octanol–water partition coefficient (Wildman–Crippen LogP) is 3.04. The van der Waals surface area contributed by atoms with Crippen LogP contribution in [0, 0.1) is 0 Å². The molecule has 0 fully saturated rings. The van der Waals surface area contributed by atoms with E-state index >= 15 is 0 Å². The van der Waals surface area contributed by atoms with Crippen molar-refractivity contribution in [1.82, 2.24) is 14.5 Å². The van der Waals surface area contributed by atoms with Crippen LogP contribution in [0.3, 0.4) is 0 Å². The van der Waals surface area contributed by atoms with Crippen molar-refractivity contribution in [3.05, 3.63) is 52.0 Å². The molecule has 1 heterocycles. The molecule has 1 aromatic carbocycles. The molecule has 106 valence electrons. The zero-order chi connectivity index (χ0) is 14.7. The molecule has 6 heteroatoms. The smallest absolute Gasteiger partial charge is 0.178 e. The van der Waals surface area contributed by atoms with Crippen LogP contribution in [0.2, 0.25) is 10.0 Å². The van der Waals surface area contributed by atoms with Gasteiger partial charge >= 0.3 is 0 Å². The SMILES string of the molecule is CN(CC(=O)c1cc(Cl)ccc1Cl)Cc1nccn1C. The van der Waals surface area contributed by atoms with Crippen molar-refractivity contribution in [1.29, 1.82) is 0 Å². The van der Waals surface area contributed by atoms with Crippen LogP contribution in [-0.4, -0.2) is 33.8 Å². The minimum atomic E-state index is -0.0609. The van der Waals surface area contributed by atoms with E-state index in [1.165, 1.54) is 0 Å². The number of ketones is 1. The highest BCUT2D eigenvalue weighted by Gasteiger charge is 2.14. The quantitative estimate of drug-likeness (QED) is 0.797. The fourth-order valence-corrected chi connectivity index (χ4v) is 2.28. The number of Topliss-reactive ketones (excluding diaryl/α,β-unsaturated/α-hetero) is 1. The van der Waals surface area contributed by atoms with E-state index in [1.54, 1.807) is 24.4 Å². The van der Waals surface area contributed by atoms with E-state index in [-0.39, 0.29) is 12.3 Å². The largest absolute Gasteiger partial charge is 0.337 e. The molecule has 0 atom stereocenters. The third-order valence-corrected chi connectivity index (χ3v) is 3.54. The number of imidazole rings is 1. The van der Waals surface area contributed by atoms with Gasteiger partial charge in [-0.05, 0) is 25.2 Å². The topological polar surface area (TPSA) is 38.1 Å². The maximum atomic E-state index is 12.2.